The van der Waals surface area contributed by atoms with Gasteiger partial charge in [-0.1, -0.05) is 32.4 Å². The Morgan fingerprint density at radius 3 is 2.76 bits per heavy atom. The number of fused-ring (bicyclic) bond motifs is 3. The maximum absolute atomic E-state index is 13.7. The van der Waals surface area contributed by atoms with Crippen LogP contribution in [-0.4, -0.2) is 81.0 Å². The van der Waals surface area contributed by atoms with Gasteiger partial charge < -0.3 is 24.8 Å². The molecule has 0 spiro atoms. The van der Waals surface area contributed by atoms with Crippen molar-refractivity contribution in [1.82, 2.24) is 15.2 Å². The first-order valence-corrected chi connectivity index (χ1v) is 17.0. The van der Waals surface area contributed by atoms with Crippen LogP contribution in [0, 0.1) is 18.8 Å². The maximum Gasteiger partial charge on any atom is 0.330 e. The number of ether oxygens (including phenoxy) is 2. The highest BCUT2D eigenvalue weighted by Crippen LogP contribution is 2.45. The Kier molecular flexibility index (Phi) is 8.83. The number of methoxy groups -OCH3 is 1. The Morgan fingerprint density at radius 2 is 2.02 bits per heavy atom. The van der Waals surface area contributed by atoms with Gasteiger partial charge in [0.1, 0.15) is 34.2 Å². The number of aromatic nitrogens is 1. The molecule has 2 aromatic rings. The van der Waals surface area contributed by atoms with Crippen LogP contribution in [0.5, 0.6) is 11.5 Å². The zero-order valence-electron chi connectivity index (χ0n) is 26.4. The van der Waals surface area contributed by atoms with Crippen molar-refractivity contribution in [2.75, 3.05) is 19.4 Å². The van der Waals surface area contributed by atoms with E-state index in [2.05, 4.69) is 19.2 Å². The van der Waals surface area contributed by atoms with E-state index in [0.29, 0.717) is 24.5 Å². The molecule has 0 radical (unpaired) electrons. The van der Waals surface area contributed by atoms with E-state index in [1.54, 1.807) is 23.8 Å². The summed E-state index contributed by atoms with van der Waals surface area (Å²) < 4.78 is 12.3. The average molecular weight is 635 g/mol. The fraction of sp³-hybridized carbons (Fsp3) is 0.559. The summed E-state index contributed by atoms with van der Waals surface area (Å²) in [5.41, 5.74) is 1.03. The Balaban J connectivity index is 1.32. The number of amides is 2. The number of carbonyl (C=O) groups excluding carboxylic acids is 2. The number of aryl methyl sites for hydroxylation is 1. The van der Waals surface area contributed by atoms with Gasteiger partial charge in [-0.2, -0.15) is 0 Å². The molecule has 1 aromatic heterocycles. The molecule has 1 aliphatic carbocycles. The monoisotopic (exact) mass is 634 g/mol. The smallest absolute Gasteiger partial charge is 0.330 e. The summed E-state index contributed by atoms with van der Waals surface area (Å²) in [6.07, 6.45) is 7.78. The van der Waals surface area contributed by atoms with Gasteiger partial charge in [0.05, 0.1) is 30.9 Å². The second-order valence-corrected chi connectivity index (χ2v) is 14.0. The quantitative estimate of drug-likeness (QED) is 0.430. The van der Waals surface area contributed by atoms with Crippen LogP contribution in [0.2, 0.25) is 0 Å². The van der Waals surface area contributed by atoms with Gasteiger partial charge in [-0.15, -0.1) is 11.8 Å². The lowest BCUT2D eigenvalue weighted by atomic mass is 10.1. The molecule has 2 N–H and O–H groups in total. The molecule has 4 heterocycles. The van der Waals surface area contributed by atoms with Crippen molar-refractivity contribution in [3.63, 3.8) is 0 Å². The van der Waals surface area contributed by atoms with Gasteiger partial charge >= 0.3 is 5.97 Å². The number of carboxylic acids is 1. The van der Waals surface area contributed by atoms with Gasteiger partial charge in [-0.3, -0.25) is 14.6 Å². The molecule has 11 heteroatoms. The van der Waals surface area contributed by atoms with Crippen molar-refractivity contribution in [1.29, 1.82) is 0 Å². The fourth-order valence-corrected chi connectivity index (χ4v) is 7.90. The molecule has 0 bridgehead atoms. The van der Waals surface area contributed by atoms with Crippen LogP contribution < -0.4 is 14.8 Å². The van der Waals surface area contributed by atoms with Crippen LogP contribution >= 0.6 is 11.8 Å². The number of benzene rings is 1. The molecule has 2 amide bonds. The van der Waals surface area contributed by atoms with E-state index in [1.807, 2.05) is 37.3 Å². The van der Waals surface area contributed by atoms with Crippen LogP contribution in [0.1, 0.15) is 70.1 Å². The van der Waals surface area contributed by atoms with Crippen LogP contribution in [0.3, 0.4) is 0 Å². The second kappa shape index (κ2) is 12.7. The molecule has 2 fully saturated rings. The molecule has 1 aromatic carbocycles. The summed E-state index contributed by atoms with van der Waals surface area (Å²) in [7, 11) is 1.63. The van der Waals surface area contributed by atoms with E-state index in [0.717, 1.165) is 64.4 Å². The normalized spacial score (nSPS) is 29.4. The Bertz CT molecular complexity index is 1570. The summed E-state index contributed by atoms with van der Waals surface area (Å²) in [6, 6.07) is 5.13. The van der Waals surface area contributed by atoms with Crippen LogP contribution in [0.4, 0.5) is 0 Å². The van der Waals surface area contributed by atoms with E-state index < -0.39 is 29.6 Å². The zero-order chi connectivity index (χ0) is 31.9. The van der Waals surface area contributed by atoms with Gasteiger partial charge in [0.25, 0.3) is 0 Å². The summed E-state index contributed by atoms with van der Waals surface area (Å²) >= 11 is 1.69. The number of thioether (sulfide) groups is 1. The summed E-state index contributed by atoms with van der Waals surface area (Å²) in [5, 5.41) is 14.5. The predicted molar refractivity (Wildman–Crippen MR) is 174 cm³/mol. The minimum Gasteiger partial charge on any atom is -0.496 e. The first-order valence-electron chi connectivity index (χ1n) is 16.0. The number of carboxylic acid groups (broad SMARTS) is 1. The number of carbonyl (C=O) groups is 3. The molecule has 4 aliphatic rings. The van der Waals surface area contributed by atoms with E-state index in [1.165, 1.54) is 0 Å². The average Bonchev–Trinajstić information content (AvgIpc) is 3.33. The standard InChI is InChI=1S/C34H42N4O6S/c1-19(2)25-18-45-32(36-25)24-15-28(23-12-13-27(43-4)20(3)30(23)35-24)44-22-14-26-31(40)37-34(33(41)42)16-21(34)10-8-6-5-7-9-11-29(39)38(26)17-22/h8,10,12-13,15,19,21-22,25-26H,5-7,9,11,14,16-18H2,1-4H3,(H,37,40)(H,41,42)/b10-8-/t21-,22-,25?,26+,34-/m1/s1. The van der Waals surface area contributed by atoms with Gasteiger partial charge in [0.2, 0.25) is 11.8 Å². The number of hydrogen-bond donors (Lipinski definition) is 2. The van der Waals surface area contributed by atoms with E-state index in [9.17, 15) is 19.5 Å². The minimum absolute atomic E-state index is 0.108. The topological polar surface area (TPSA) is 130 Å². The molecular weight excluding hydrogens is 592 g/mol. The van der Waals surface area contributed by atoms with Gasteiger partial charge in [0.15, 0.2) is 0 Å². The number of allylic oxidation sites excluding steroid dienone is 1. The van der Waals surface area contributed by atoms with Crippen molar-refractivity contribution in [3.8, 4) is 11.5 Å². The molecule has 6 rings (SSSR count). The van der Waals surface area contributed by atoms with Gasteiger partial charge in [0, 0.05) is 41.5 Å². The van der Waals surface area contributed by atoms with Crippen LogP contribution in [-0.2, 0) is 14.4 Å². The lowest BCUT2D eigenvalue weighted by Crippen LogP contribution is -2.53. The Labute approximate surface area is 268 Å². The molecule has 5 atom stereocenters. The van der Waals surface area contributed by atoms with Crippen molar-refractivity contribution >= 4 is 45.5 Å². The number of nitrogens with zero attached hydrogens (tertiary/aromatic N) is 3. The third-order valence-corrected chi connectivity index (χ3v) is 10.7. The van der Waals surface area contributed by atoms with Crippen LogP contribution in [0.25, 0.3) is 10.9 Å². The number of hydrogen-bond acceptors (Lipinski definition) is 8. The highest BCUT2D eigenvalue weighted by molar-refractivity contribution is 8.14. The van der Waals surface area contributed by atoms with Crippen molar-refractivity contribution in [2.45, 2.75) is 89.4 Å². The minimum atomic E-state index is -1.33. The van der Waals surface area contributed by atoms with Crippen molar-refractivity contribution in [2.24, 2.45) is 16.8 Å². The second-order valence-electron chi connectivity index (χ2n) is 13.0. The SMILES string of the molecule is COc1ccc2c(O[C@@H]3C[C@H]4C(=O)N[C@]5(C(=O)O)C[C@H]5/C=C\CCCCCC(=O)N4C3)cc(C3=NC(C(C)C)CS3)nc2c1C. The third-order valence-electron chi connectivity index (χ3n) is 9.58. The lowest BCUT2D eigenvalue weighted by Gasteiger charge is -2.25. The van der Waals surface area contributed by atoms with Crippen LogP contribution in [0.15, 0.2) is 35.3 Å². The first-order chi connectivity index (χ1) is 21.6. The number of nitrogens with one attached hydrogen (secondary N) is 1. The summed E-state index contributed by atoms with van der Waals surface area (Å²) in [5.74, 6) is 0.783. The molecule has 10 nitrogen and oxygen atoms in total. The van der Waals surface area contributed by atoms with Crippen molar-refractivity contribution in [3.05, 3.63) is 41.6 Å². The molecule has 240 valence electrons. The molecular formula is C34H42N4O6S. The summed E-state index contributed by atoms with van der Waals surface area (Å²) in [6.45, 7) is 6.54. The van der Waals surface area contributed by atoms with E-state index >= 15 is 0 Å². The van der Waals surface area contributed by atoms with Gasteiger partial charge in [-0.05, 0) is 50.7 Å². The summed E-state index contributed by atoms with van der Waals surface area (Å²) in [4.78, 5) is 51.0. The largest absolute Gasteiger partial charge is 0.496 e. The highest BCUT2D eigenvalue weighted by Gasteiger charge is 2.61. The number of aliphatic carboxylic acids is 1. The Morgan fingerprint density at radius 1 is 1.20 bits per heavy atom. The van der Waals surface area contributed by atoms with E-state index in [-0.39, 0.29) is 30.8 Å². The molecule has 1 saturated heterocycles. The maximum atomic E-state index is 13.7. The highest BCUT2D eigenvalue weighted by atomic mass is 32.2. The number of aliphatic imine (C=N–C) groups is 1. The van der Waals surface area contributed by atoms with Gasteiger partial charge in [-0.25, -0.2) is 9.78 Å². The van der Waals surface area contributed by atoms with E-state index in [4.69, 9.17) is 19.5 Å². The third kappa shape index (κ3) is 6.15. The lowest BCUT2D eigenvalue weighted by molar-refractivity contribution is -0.145. The molecule has 1 unspecified atom stereocenters. The zero-order valence-corrected chi connectivity index (χ0v) is 27.2. The number of pyridine rings is 1. The molecule has 3 aliphatic heterocycles. The first kappa shape index (κ1) is 31.4. The number of rotatable bonds is 6. The molecule has 45 heavy (non-hydrogen) atoms. The molecule has 1 saturated carbocycles. The predicted octanol–water partition coefficient (Wildman–Crippen LogP) is 4.90. The van der Waals surface area contributed by atoms with Crippen molar-refractivity contribution < 1.29 is 29.0 Å². The fourth-order valence-electron chi connectivity index (χ4n) is 6.65. The Hall–Kier alpha value is -3.60.